The van der Waals surface area contributed by atoms with Crippen molar-refractivity contribution in [3.63, 3.8) is 0 Å². The third-order valence-electron chi connectivity index (χ3n) is 8.16. The lowest BCUT2D eigenvalue weighted by atomic mass is 9.92. The molecule has 0 unspecified atom stereocenters. The van der Waals surface area contributed by atoms with Crippen LogP contribution >= 0.6 is 11.6 Å². The van der Waals surface area contributed by atoms with Crippen molar-refractivity contribution in [2.75, 3.05) is 63.9 Å². The molecule has 2 aromatic heterocycles. The van der Waals surface area contributed by atoms with Crippen LogP contribution < -0.4 is 9.64 Å². The third kappa shape index (κ3) is 9.93. The van der Waals surface area contributed by atoms with Crippen molar-refractivity contribution >= 4 is 23.5 Å². The minimum atomic E-state index is -1.65. The lowest BCUT2D eigenvalue weighted by Gasteiger charge is -2.37. The Labute approximate surface area is 256 Å². The summed E-state index contributed by atoms with van der Waals surface area (Å²) in [4.78, 5) is 31.6. The number of anilines is 1. The monoisotopic (exact) mass is 622 g/mol. The topological polar surface area (TPSA) is 176 Å². The Bertz CT molecular complexity index is 1120. The average Bonchev–Trinajstić information content (AvgIpc) is 3.03. The summed E-state index contributed by atoms with van der Waals surface area (Å²) in [5.74, 6) is 2.01. The number of carbonyl (C=O) groups is 1. The Kier molecular flexibility index (Phi) is 12.7. The van der Waals surface area contributed by atoms with Crippen molar-refractivity contribution in [1.29, 1.82) is 0 Å². The number of aliphatic hydroxyl groups excluding tert-OH is 5. The van der Waals surface area contributed by atoms with E-state index in [1.807, 2.05) is 17.0 Å². The first-order valence-corrected chi connectivity index (χ1v) is 15.2. The van der Waals surface area contributed by atoms with E-state index < -0.39 is 31.0 Å². The van der Waals surface area contributed by atoms with Gasteiger partial charge in [0, 0.05) is 51.5 Å². The molecular formula is C29H43ClN6O7. The van der Waals surface area contributed by atoms with Crippen molar-refractivity contribution in [2.45, 2.75) is 56.5 Å². The van der Waals surface area contributed by atoms with E-state index in [4.69, 9.17) is 21.4 Å². The summed E-state index contributed by atoms with van der Waals surface area (Å²) in [5, 5.41) is 48.9. The second kappa shape index (κ2) is 16.4. The van der Waals surface area contributed by atoms with Gasteiger partial charge in [0.2, 0.25) is 11.9 Å². The molecule has 4 atom stereocenters. The maximum absolute atomic E-state index is 12.8. The van der Waals surface area contributed by atoms with Gasteiger partial charge in [0.1, 0.15) is 24.1 Å². The quantitative estimate of drug-likeness (QED) is 0.175. The second-order valence-electron chi connectivity index (χ2n) is 11.3. The van der Waals surface area contributed by atoms with Crippen molar-refractivity contribution < 1.29 is 35.1 Å². The van der Waals surface area contributed by atoms with Crippen LogP contribution in [-0.2, 0) is 11.2 Å². The molecule has 13 nitrogen and oxygen atoms in total. The van der Waals surface area contributed by atoms with E-state index in [-0.39, 0.29) is 18.9 Å². The maximum Gasteiger partial charge on any atom is 0.228 e. The number of ether oxygens (including phenoxy) is 1. The lowest BCUT2D eigenvalue weighted by molar-refractivity contribution is -0.134. The minimum Gasteiger partial charge on any atom is -0.492 e. The number of hydrogen-bond acceptors (Lipinski definition) is 12. The van der Waals surface area contributed by atoms with Crippen LogP contribution in [0.3, 0.4) is 0 Å². The summed E-state index contributed by atoms with van der Waals surface area (Å²) in [6, 6.07) is 3.65. The third-order valence-corrected chi connectivity index (χ3v) is 8.35. The number of aliphatic hydroxyl groups is 5. The normalized spacial score (nSPS) is 19.6. The van der Waals surface area contributed by atoms with Crippen LogP contribution in [0.1, 0.15) is 31.4 Å². The van der Waals surface area contributed by atoms with Gasteiger partial charge in [-0.15, -0.1) is 0 Å². The zero-order valence-electron chi connectivity index (χ0n) is 24.3. The highest BCUT2D eigenvalue weighted by Gasteiger charge is 2.32. The Morgan fingerprint density at radius 2 is 1.60 bits per heavy atom. The summed E-state index contributed by atoms with van der Waals surface area (Å²) >= 11 is 5.88. The summed E-state index contributed by atoms with van der Waals surface area (Å²) in [5.41, 5.74) is 0.658. The number of β-amino-alcohol motifs (C(OH)–C–C–N with tert-alkyl or cyclic N) is 1. The molecule has 0 spiro atoms. The van der Waals surface area contributed by atoms with Crippen LogP contribution in [0.5, 0.6) is 5.75 Å². The zero-order valence-corrected chi connectivity index (χ0v) is 25.0. The van der Waals surface area contributed by atoms with Crippen molar-refractivity contribution in [3.8, 4) is 5.75 Å². The van der Waals surface area contributed by atoms with Crippen LogP contribution in [-0.4, -0.2) is 140 Å². The molecule has 1 amide bonds. The number of nitrogens with zero attached hydrogens (tertiary/aromatic N) is 6. The van der Waals surface area contributed by atoms with Gasteiger partial charge in [0.25, 0.3) is 0 Å². The van der Waals surface area contributed by atoms with E-state index in [0.29, 0.717) is 55.2 Å². The number of amides is 1. The van der Waals surface area contributed by atoms with E-state index in [2.05, 4.69) is 19.9 Å². The van der Waals surface area contributed by atoms with E-state index in [1.54, 1.807) is 23.5 Å². The van der Waals surface area contributed by atoms with E-state index in [9.17, 15) is 25.2 Å². The van der Waals surface area contributed by atoms with Crippen molar-refractivity contribution in [2.24, 2.45) is 5.92 Å². The Balaban J connectivity index is 1.09. The fourth-order valence-electron chi connectivity index (χ4n) is 5.44. The molecular weight excluding hydrogens is 580 g/mol. The molecule has 2 aliphatic heterocycles. The van der Waals surface area contributed by atoms with Gasteiger partial charge in [-0.25, -0.2) is 9.97 Å². The Hall–Kier alpha value is -2.65. The zero-order chi connectivity index (χ0) is 30.8. The highest BCUT2D eigenvalue weighted by atomic mass is 35.5. The molecule has 43 heavy (non-hydrogen) atoms. The summed E-state index contributed by atoms with van der Waals surface area (Å²) < 4.78 is 5.88. The molecule has 0 aromatic carbocycles. The molecule has 5 N–H and O–H groups in total. The largest absolute Gasteiger partial charge is 0.492 e. The molecule has 14 heteroatoms. The molecule has 0 bridgehead atoms. The van der Waals surface area contributed by atoms with Gasteiger partial charge in [0.15, 0.2) is 0 Å². The fraction of sp³-hybridized carbons (Fsp3) is 0.655. The average molecular weight is 623 g/mol. The molecule has 2 aromatic rings. The number of pyridine rings is 1. The smallest absolute Gasteiger partial charge is 0.228 e. The van der Waals surface area contributed by atoms with Crippen LogP contribution in [0, 0.1) is 5.92 Å². The number of halogens is 1. The van der Waals surface area contributed by atoms with E-state index in [0.717, 1.165) is 44.7 Å². The van der Waals surface area contributed by atoms with E-state index in [1.165, 1.54) is 0 Å². The summed E-state index contributed by atoms with van der Waals surface area (Å²) in [6.45, 7) is 3.72. The minimum absolute atomic E-state index is 0.0448. The number of piperazine rings is 1. The van der Waals surface area contributed by atoms with Crippen LogP contribution in [0.25, 0.3) is 0 Å². The standard InChI is InChI=1S/C29H43ClN6O7/c30-21-15-32-29(33-16-21)36-7-5-20(6-8-36)2-1-13-43-23-4-3-22(31-17-23)14-26(40)35-11-9-34(10-12-35)18-24(38)27(41)28(42)25(39)19-37/h3-4,15-17,20,24-25,27-28,37-39,41-42H,1-2,5-14,18-19H2/t24-,25+,27+,28+/m0/s1. The molecule has 2 saturated heterocycles. The van der Waals surface area contributed by atoms with E-state index >= 15 is 0 Å². The van der Waals surface area contributed by atoms with Gasteiger partial charge in [-0.3, -0.25) is 14.7 Å². The Morgan fingerprint density at radius 1 is 0.930 bits per heavy atom. The van der Waals surface area contributed by atoms with Gasteiger partial charge in [0.05, 0.1) is 49.4 Å². The predicted molar refractivity (Wildman–Crippen MR) is 159 cm³/mol. The number of aromatic nitrogens is 3. The van der Waals surface area contributed by atoms with Gasteiger partial charge < -0.3 is 40.1 Å². The van der Waals surface area contributed by atoms with Crippen LogP contribution in [0.4, 0.5) is 5.95 Å². The van der Waals surface area contributed by atoms with Crippen LogP contribution in [0.2, 0.25) is 5.02 Å². The van der Waals surface area contributed by atoms with Gasteiger partial charge in [-0.2, -0.15) is 0 Å². The van der Waals surface area contributed by atoms with Crippen molar-refractivity contribution in [1.82, 2.24) is 24.8 Å². The molecule has 0 aliphatic carbocycles. The maximum atomic E-state index is 12.8. The van der Waals surface area contributed by atoms with Gasteiger partial charge >= 0.3 is 0 Å². The molecule has 0 saturated carbocycles. The number of hydrogen-bond donors (Lipinski definition) is 5. The number of carbonyl (C=O) groups excluding carboxylic acids is 1. The number of piperidine rings is 1. The fourth-order valence-corrected chi connectivity index (χ4v) is 5.53. The molecule has 4 heterocycles. The molecule has 0 radical (unpaired) electrons. The molecule has 2 fully saturated rings. The highest BCUT2D eigenvalue weighted by Crippen LogP contribution is 2.24. The first-order valence-electron chi connectivity index (χ1n) is 14.9. The molecule has 4 rings (SSSR count). The van der Waals surface area contributed by atoms with Gasteiger partial charge in [-0.05, 0) is 43.7 Å². The van der Waals surface area contributed by atoms with Crippen molar-refractivity contribution in [3.05, 3.63) is 41.4 Å². The summed E-state index contributed by atoms with van der Waals surface area (Å²) in [7, 11) is 0. The first-order chi connectivity index (χ1) is 20.7. The van der Waals surface area contributed by atoms with Gasteiger partial charge in [-0.1, -0.05) is 11.6 Å². The molecule has 238 valence electrons. The Morgan fingerprint density at radius 3 is 2.23 bits per heavy atom. The summed E-state index contributed by atoms with van der Waals surface area (Å²) in [6.07, 6.45) is 3.23. The van der Waals surface area contributed by atoms with Crippen LogP contribution in [0.15, 0.2) is 30.7 Å². The first kappa shape index (κ1) is 33.2. The second-order valence-corrected chi connectivity index (χ2v) is 11.7. The number of rotatable bonds is 14. The predicted octanol–water partition coefficient (Wildman–Crippen LogP) is -0.277. The SMILES string of the molecule is O=C(Cc1ccc(OCCCC2CCN(c3ncc(Cl)cn3)CC2)cn1)N1CCN(C[C@H](O)[C@@H](O)[C@H](O)[C@H](O)CO)CC1. The molecule has 2 aliphatic rings. The highest BCUT2D eigenvalue weighted by molar-refractivity contribution is 6.30. The lowest BCUT2D eigenvalue weighted by Crippen LogP contribution is -2.54.